The predicted octanol–water partition coefficient (Wildman–Crippen LogP) is 2.24. The molecule has 114 valence electrons. The Balaban J connectivity index is 1.94. The summed E-state index contributed by atoms with van der Waals surface area (Å²) >= 11 is 5.90. The van der Waals surface area contributed by atoms with Crippen molar-refractivity contribution >= 4 is 22.6 Å². The Morgan fingerprint density at radius 1 is 1.43 bits per heavy atom. The average molecular weight is 311 g/mol. The Hall–Kier alpha value is -1.30. The Kier molecular flexibility index (Phi) is 4.63. The third kappa shape index (κ3) is 3.15. The SMILES string of the molecule is COc1ccc2c(c1)nc(CCCl)n2CC1COCCO1. The summed E-state index contributed by atoms with van der Waals surface area (Å²) in [4.78, 5) is 4.68. The van der Waals surface area contributed by atoms with Gasteiger partial charge in [-0.25, -0.2) is 4.98 Å². The monoisotopic (exact) mass is 310 g/mol. The topological polar surface area (TPSA) is 45.5 Å². The number of alkyl halides is 1. The molecule has 0 aliphatic carbocycles. The smallest absolute Gasteiger partial charge is 0.121 e. The van der Waals surface area contributed by atoms with Crippen LogP contribution in [-0.2, 0) is 22.4 Å². The molecule has 2 aromatic rings. The Labute approximate surface area is 128 Å². The number of halogens is 1. The van der Waals surface area contributed by atoms with E-state index in [1.54, 1.807) is 7.11 Å². The van der Waals surface area contributed by atoms with E-state index in [4.69, 9.17) is 25.8 Å². The van der Waals surface area contributed by atoms with E-state index in [1.807, 2.05) is 18.2 Å². The van der Waals surface area contributed by atoms with Crippen LogP contribution in [0.5, 0.6) is 5.75 Å². The first-order valence-electron chi connectivity index (χ1n) is 7.10. The van der Waals surface area contributed by atoms with Gasteiger partial charge in [0.15, 0.2) is 0 Å². The van der Waals surface area contributed by atoms with Crippen LogP contribution in [0.2, 0.25) is 0 Å². The van der Waals surface area contributed by atoms with Crippen LogP contribution in [0, 0.1) is 0 Å². The van der Waals surface area contributed by atoms with Gasteiger partial charge in [-0.1, -0.05) is 0 Å². The minimum atomic E-state index is 0.0623. The van der Waals surface area contributed by atoms with E-state index in [1.165, 1.54) is 0 Å². The summed E-state index contributed by atoms with van der Waals surface area (Å²) in [6.45, 7) is 2.67. The van der Waals surface area contributed by atoms with E-state index < -0.39 is 0 Å². The molecule has 0 amide bonds. The van der Waals surface area contributed by atoms with Gasteiger partial charge in [0.05, 0.1) is 50.6 Å². The maximum atomic E-state index is 5.90. The van der Waals surface area contributed by atoms with E-state index in [0.29, 0.717) is 25.7 Å². The van der Waals surface area contributed by atoms with Crippen molar-refractivity contribution in [1.29, 1.82) is 0 Å². The van der Waals surface area contributed by atoms with E-state index in [-0.39, 0.29) is 6.10 Å². The Morgan fingerprint density at radius 2 is 2.33 bits per heavy atom. The fourth-order valence-corrected chi connectivity index (χ4v) is 2.78. The van der Waals surface area contributed by atoms with Crippen LogP contribution in [0.1, 0.15) is 5.82 Å². The summed E-state index contributed by atoms with van der Waals surface area (Å²) in [5, 5.41) is 0. The minimum absolute atomic E-state index is 0.0623. The average Bonchev–Trinajstić information content (AvgIpc) is 2.85. The molecule has 0 N–H and O–H groups in total. The summed E-state index contributed by atoms with van der Waals surface area (Å²) in [6.07, 6.45) is 0.791. The zero-order valence-electron chi connectivity index (χ0n) is 12.0. The molecule has 1 saturated heterocycles. The molecule has 1 fully saturated rings. The second kappa shape index (κ2) is 6.64. The van der Waals surface area contributed by atoms with Crippen LogP contribution < -0.4 is 4.74 Å². The highest BCUT2D eigenvalue weighted by Gasteiger charge is 2.19. The summed E-state index contributed by atoms with van der Waals surface area (Å²) in [6, 6.07) is 5.92. The van der Waals surface area contributed by atoms with Crippen LogP contribution in [0.15, 0.2) is 18.2 Å². The number of hydrogen-bond acceptors (Lipinski definition) is 4. The van der Waals surface area contributed by atoms with Gasteiger partial charge in [-0.05, 0) is 12.1 Å². The largest absolute Gasteiger partial charge is 0.497 e. The van der Waals surface area contributed by atoms with Crippen molar-refractivity contribution in [3.05, 3.63) is 24.0 Å². The fourth-order valence-electron chi connectivity index (χ4n) is 2.61. The van der Waals surface area contributed by atoms with E-state index in [9.17, 15) is 0 Å². The molecule has 0 bridgehead atoms. The number of rotatable bonds is 5. The lowest BCUT2D eigenvalue weighted by molar-refractivity contribution is -0.0934. The van der Waals surface area contributed by atoms with Crippen LogP contribution >= 0.6 is 11.6 Å². The molecule has 21 heavy (non-hydrogen) atoms. The summed E-state index contributed by atoms with van der Waals surface area (Å²) in [5.74, 6) is 2.33. The van der Waals surface area contributed by atoms with Gasteiger partial charge >= 0.3 is 0 Å². The van der Waals surface area contributed by atoms with Crippen molar-refractivity contribution in [2.24, 2.45) is 0 Å². The lowest BCUT2D eigenvalue weighted by Gasteiger charge is -2.24. The van der Waals surface area contributed by atoms with Crippen molar-refractivity contribution < 1.29 is 14.2 Å². The van der Waals surface area contributed by atoms with Gasteiger partial charge in [-0.15, -0.1) is 11.6 Å². The fraction of sp³-hybridized carbons (Fsp3) is 0.533. The molecule has 6 heteroatoms. The van der Waals surface area contributed by atoms with Crippen LogP contribution in [0.25, 0.3) is 11.0 Å². The first-order valence-corrected chi connectivity index (χ1v) is 7.63. The van der Waals surface area contributed by atoms with Gasteiger partial charge in [-0.2, -0.15) is 0 Å². The van der Waals surface area contributed by atoms with Crippen LogP contribution in [-0.4, -0.2) is 48.5 Å². The Morgan fingerprint density at radius 3 is 3.05 bits per heavy atom. The van der Waals surface area contributed by atoms with Crippen LogP contribution in [0.3, 0.4) is 0 Å². The van der Waals surface area contributed by atoms with E-state index >= 15 is 0 Å². The second-order valence-electron chi connectivity index (χ2n) is 5.00. The predicted molar refractivity (Wildman–Crippen MR) is 81.3 cm³/mol. The quantitative estimate of drug-likeness (QED) is 0.795. The number of aryl methyl sites for hydroxylation is 1. The molecular formula is C15H19ClN2O3. The maximum absolute atomic E-state index is 5.90. The van der Waals surface area contributed by atoms with Crippen molar-refractivity contribution in [2.75, 3.05) is 32.8 Å². The van der Waals surface area contributed by atoms with Crippen molar-refractivity contribution in [3.63, 3.8) is 0 Å². The van der Waals surface area contributed by atoms with Crippen LogP contribution in [0.4, 0.5) is 0 Å². The number of methoxy groups -OCH3 is 1. The molecule has 1 unspecified atom stereocenters. The summed E-state index contributed by atoms with van der Waals surface area (Å²) < 4.78 is 18.7. The maximum Gasteiger partial charge on any atom is 0.121 e. The van der Waals surface area contributed by atoms with Gasteiger partial charge in [0.2, 0.25) is 0 Å². The van der Waals surface area contributed by atoms with Crippen molar-refractivity contribution in [3.8, 4) is 5.75 Å². The first kappa shape index (κ1) is 14.6. The summed E-state index contributed by atoms with van der Waals surface area (Å²) in [7, 11) is 1.66. The van der Waals surface area contributed by atoms with Gasteiger partial charge in [0, 0.05) is 18.4 Å². The first-order chi connectivity index (χ1) is 10.3. The standard InChI is InChI=1S/C15H19ClN2O3/c1-19-11-2-3-14-13(8-11)17-15(4-5-16)18(14)9-12-10-20-6-7-21-12/h2-3,8,12H,4-7,9-10H2,1H3. The molecular weight excluding hydrogens is 292 g/mol. The normalized spacial score (nSPS) is 19.0. The van der Waals surface area contributed by atoms with Gasteiger partial charge < -0.3 is 18.8 Å². The number of ether oxygens (including phenoxy) is 3. The number of aromatic nitrogens is 2. The molecule has 0 radical (unpaired) electrons. The van der Waals surface area contributed by atoms with E-state index in [2.05, 4.69) is 9.55 Å². The van der Waals surface area contributed by atoms with E-state index in [0.717, 1.165) is 35.6 Å². The van der Waals surface area contributed by atoms with Gasteiger partial charge in [-0.3, -0.25) is 0 Å². The third-order valence-electron chi connectivity index (χ3n) is 3.62. The molecule has 1 aromatic carbocycles. The second-order valence-corrected chi connectivity index (χ2v) is 5.38. The zero-order chi connectivity index (χ0) is 14.7. The highest BCUT2D eigenvalue weighted by molar-refractivity contribution is 6.17. The summed E-state index contributed by atoms with van der Waals surface area (Å²) in [5.41, 5.74) is 2.00. The number of nitrogens with zero attached hydrogens (tertiary/aromatic N) is 2. The van der Waals surface area contributed by atoms with Gasteiger partial charge in [0.1, 0.15) is 11.6 Å². The van der Waals surface area contributed by atoms with Gasteiger partial charge in [0.25, 0.3) is 0 Å². The number of imidazole rings is 1. The highest BCUT2D eigenvalue weighted by Crippen LogP contribution is 2.23. The molecule has 1 aromatic heterocycles. The Bertz CT molecular complexity index is 608. The zero-order valence-corrected chi connectivity index (χ0v) is 12.8. The number of benzene rings is 1. The molecule has 1 atom stereocenters. The number of hydrogen-bond donors (Lipinski definition) is 0. The third-order valence-corrected chi connectivity index (χ3v) is 3.81. The molecule has 2 heterocycles. The lowest BCUT2D eigenvalue weighted by atomic mass is 10.2. The molecule has 3 rings (SSSR count). The van der Waals surface area contributed by atoms with Crippen molar-refractivity contribution in [2.45, 2.75) is 19.1 Å². The molecule has 0 saturated carbocycles. The molecule has 1 aliphatic rings. The minimum Gasteiger partial charge on any atom is -0.497 e. The number of fused-ring (bicyclic) bond motifs is 1. The molecule has 5 nitrogen and oxygen atoms in total. The van der Waals surface area contributed by atoms with Crippen molar-refractivity contribution in [1.82, 2.24) is 9.55 Å². The highest BCUT2D eigenvalue weighted by atomic mass is 35.5. The molecule has 0 spiro atoms. The molecule has 1 aliphatic heterocycles. The lowest BCUT2D eigenvalue weighted by Crippen LogP contribution is -2.32.